The number of carbonyl (C=O) groups excluding carboxylic acids is 4. The van der Waals surface area contributed by atoms with Gasteiger partial charge in [-0.05, 0) is 24.8 Å². The molecule has 2 saturated heterocycles. The van der Waals surface area contributed by atoms with Crippen LogP contribution >= 0.6 is 0 Å². The summed E-state index contributed by atoms with van der Waals surface area (Å²) >= 11 is 0. The van der Waals surface area contributed by atoms with Crippen molar-refractivity contribution < 1.29 is 44.1 Å². The molecule has 1 aromatic rings. The molecular weight excluding hydrogens is 484 g/mol. The van der Waals surface area contributed by atoms with E-state index in [1.807, 2.05) is 6.08 Å². The zero-order valence-corrected chi connectivity index (χ0v) is 19.8. The number of aliphatic carboxylic acids is 2. The molecule has 1 aromatic carbocycles. The molecule has 37 heavy (non-hydrogen) atoms. The summed E-state index contributed by atoms with van der Waals surface area (Å²) in [5, 5.41) is 28.9. The minimum atomic E-state index is -1.15. The Morgan fingerprint density at radius 2 is 1.35 bits per heavy atom. The van der Waals surface area contributed by atoms with Crippen molar-refractivity contribution >= 4 is 35.6 Å². The molecule has 6 unspecified atom stereocenters. The monoisotopic (exact) mass is 510 g/mol. The summed E-state index contributed by atoms with van der Waals surface area (Å²) in [4.78, 5) is 77.5. The van der Waals surface area contributed by atoms with Gasteiger partial charge in [-0.2, -0.15) is 0 Å². The molecule has 2 aliphatic carbocycles. The highest BCUT2D eigenvalue weighted by atomic mass is 16.4. The van der Waals surface area contributed by atoms with E-state index in [1.54, 1.807) is 18.2 Å². The highest BCUT2D eigenvalue weighted by molar-refractivity contribution is 6.08. The summed E-state index contributed by atoms with van der Waals surface area (Å²) in [5.41, 5.74) is 1.12. The van der Waals surface area contributed by atoms with Crippen molar-refractivity contribution in [2.75, 3.05) is 13.1 Å². The Morgan fingerprint density at radius 3 is 1.95 bits per heavy atom. The maximum absolute atomic E-state index is 13.5. The van der Waals surface area contributed by atoms with Crippen LogP contribution in [-0.2, 0) is 28.8 Å². The number of aromatic hydroxyl groups is 1. The summed E-state index contributed by atoms with van der Waals surface area (Å²) in [7, 11) is 0. The molecule has 194 valence electrons. The largest absolute Gasteiger partial charge is 0.508 e. The summed E-state index contributed by atoms with van der Waals surface area (Å²) in [6.45, 7) is -0.513. The number of rotatable bonds is 7. The van der Waals surface area contributed by atoms with Crippen molar-refractivity contribution in [2.24, 2.45) is 29.6 Å². The molecular formula is C26H26N2O9. The zero-order chi connectivity index (χ0) is 26.6. The third-order valence-electron chi connectivity index (χ3n) is 8.20. The van der Waals surface area contributed by atoms with Crippen molar-refractivity contribution in [2.45, 2.75) is 31.6 Å². The molecule has 2 heterocycles. The Bertz CT molecular complexity index is 1250. The molecule has 0 aromatic heterocycles. The number of phenols is 1. The van der Waals surface area contributed by atoms with Gasteiger partial charge < -0.3 is 15.3 Å². The molecule has 6 atom stereocenters. The van der Waals surface area contributed by atoms with Crippen molar-refractivity contribution in [1.29, 1.82) is 0 Å². The number of hydrogen-bond acceptors (Lipinski definition) is 7. The number of carboxylic acids is 2. The van der Waals surface area contributed by atoms with Gasteiger partial charge in [0.25, 0.3) is 0 Å². The Labute approximate surface area is 211 Å². The number of imide groups is 2. The van der Waals surface area contributed by atoms with Gasteiger partial charge in [0, 0.05) is 24.6 Å². The lowest BCUT2D eigenvalue weighted by Gasteiger charge is -2.44. The quantitative estimate of drug-likeness (QED) is 0.357. The molecule has 1 saturated carbocycles. The van der Waals surface area contributed by atoms with Crippen molar-refractivity contribution in [3.05, 3.63) is 41.5 Å². The van der Waals surface area contributed by atoms with Crippen LogP contribution in [0.15, 0.2) is 35.9 Å². The fraction of sp³-hybridized carbons (Fsp3) is 0.462. The molecule has 3 fully saturated rings. The molecule has 11 nitrogen and oxygen atoms in total. The molecule has 0 radical (unpaired) electrons. The zero-order valence-electron chi connectivity index (χ0n) is 19.8. The lowest BCUT2D eigenvalue weighted by molar-refractivity contribution is -0.145. The average molecular weight is 510 g/mol. The molecule has 3 N–H and O–H groups in total. The Balaban J connectivity index is 1.56. The van der Waals surface area contributed by atoms with E-state index >= 15 is 0 Å². The van der Waals surface area contributed by atoms with Gasteiger partial charge in [-0.25, -0.2) is 0 Å². The second-order valence-electron chi connectivity index (χ2n) is 10.0. The summed E-state index contributed by atoms with van der Waals surface area (Å²) < 4.78 is 0. The molecule has 11 heteroatoms. The van der Waals surface area contributed by atoms with E-state index < -0.39 is 77.5 Å². The fourth-order valence-electron chi connectivity index (χ4n) is 6.67. The van der Waals surface area contributed by atoms with Crippen LogP contribution in [0, 0.1) is 29.6 Å². The normalized spacial score (nSPS) is 30.6. The summed E-state index contributed by atoms with van der Waals surface area (Å²) in [5.74, 6) is -8.80. The maximum Gasteiger partial charge on any atom is 0.305 e. The number of likely N-dealkylation sites (tertiary alicyclic amines) is 2. The first-order chi connectivity index (χ1) is 17.6. The summed E-state index contributed by atoms with van der Waals surface area (Å²) in [6, 6.07) is 6.45. The minimum Gasteiger partial charge on any atom is -0.508 e. The third-order valence-corrected chi connectivity index (χ3v) is 8.20. The highest BCUT2D eigenvalue weighted by Gasteiger charge is 2.62. The molecule has 2 aliphatic heterocycles. The second-order valence-corrected chi connectivity index (χ2v) is 10.0. The number of fused-ring (bicyclic) bond motifs is 4. The Kier molecular flexibility index (Phi) is 6.09. The van der Waals surface area contributed by atoms with E-state index in [-0.39, 0.29) is 38.1 Å². The van der Waals surface area contributed by atoms with E-state index in [2.05, 4.69) is 0 Å². The van der Waals surface area contributed by atoms with Gasteiger partial charge >= 0.3 is 11.9 Å². The van der Waals surface area contributed by atoms with Crippen LogP contribution in [0.5, 0.6) is 5.75 Å². The Hall–Kier alpha value is -4.02. The first-order valence-electron chi connectivity index (χ1n) is 12.2. The predicted octanol–water partition coefficient (Wildman–Crippen LogP) is 0.978. The van der Waals surface area contributed by atoms with Gasteiger partial charge in [0.15, 0.2) is 0 Å². The van der Waals surface area contributed by atoms with Crippen LogP contribution in [0.1, 0.15) is 37.2 Å². The third kappa shape index (κ3) is 3.89. The molecule has 4 aliphatic rings. The maximum atomic E-state index is 13.5. The van der Waals surface area contributed by atoms with Gasteiger partial charge in [0.1, 0.15) is 5.75 Å². The molecule has 5 rings (SSSR count). The van der Waals surface area contributed by atoms with Gasteiger partial charge in [-0.3, -0.25) is 38.6 Å². The van der Waals surface area contributed by atoms with Crippen molar-refractivity contribution in [1.82, 2.24) is 9.80 Å². The number of para-hydroxylation sites is 1. The number of nitrogens with zero attached hydrogens (tertiary/aromatic N) is 2. The minimum absolute atomic E-state index is 0.0731. The van der Waals surface area contributed by atoms with Crippen molar-refractivity contribution in [3.63, 3.8) is 0 Å². The van der Waals surface area contributed by atoms with Crippen LogP contribution < -0.4 is 0 Å². The van der Waals surface area contributed by atoms with Gasteiger partial charge in [0.05, 0.1) is 36.5 Å². The predicted molar refractivity (Wildman–Crippen MR) is 124 cm³/mol. The average Bonchev–Trinajstić information content (AvgIpc) is 3.24. The van der Waals surface area contributed by atoms with Crippen LogP contribution in [0.2, 0.25) is 0 Å². The highest BCUT2D eigenvalue weighted by Crippen LogP contribution is 2.58. The number of phenolic OH excluding ortho intramolecular Hbond substituents is 1. The van der Waals surface area contributed by atoms with Crippen LogP contribution in [-0.4, -0.2) is 73.8 Å². The van der Waals surface area contributed by atoms with Gasteiger partial charge in [-0.15, -0.1) is 0 Å². The first kappa shape index (κ1) is 24.7. The van der Waals surface area contributed by atoms with E-state index in [0.29, 0.717) is 11.1 Å². The number of carbonyl (C=O) groups is 6. The standard InChI is InChI=1S/C26H26N2O9/c29-17-4-2-1-3-13(17)20-12-5-6-14-21(25(36)27(23(14)34)9-7-18(30)31)15(12)11-16-22(20)26(37)28(24(16)35)10-8-19(32)33/h1-5,14-16,20-22,29H,6-11H2,(H,30,31)(H,32,33). The molecule has 0 spiro atoms. The SMILES string of the molecule is O=C(O)CCN1C(=O)C2CC=C3C(CC4C(=O)N(CCC(=O)O)C(=O)C4C3c3ccccc3O)C2C1=O. The number of carboxylic acid groups (broad SMARTS) is 2. The number of allylic oxidation sites excluding steroid dienone is 2. The van der Waals surface area contributed by atoms with E-state index in [9.17, 15) is 33.9 Å². The van der Waals surface area contributed by atoms with Crippen LogP contribution in [0.4, 0.5) is 0 Å². The van der Waals surface area contributed by atoms with E-state index in [0.717, 1.165) is 9.80 Å². The van der Waals surface area contributed by atoms with Gasteiger partial charge in [-0.1, -0.05) is 29.8 Å². The first-order valence-corrected chi connectivity index (χ1v) is 12.2. The lowest BCUT2D eigenvalue weighted by Crippen LogP contribution is -2.43. The number of hydrogen-bond donors (Lipinski definition) is 3. The van der Waals surface area contributed by atoms with Gasteiger partial charge in [0.2, 0.25) is 23.6 Å². The van der Waals surface area contributed by atoms with Crippen molar-refractivity contribution in [3.8, 4) is 5.75 Å². The smallest absolute Gasteiger partial charge is 0.305 e. The van der Waals surface area contributed by atoms with E-state index in [4.69, 9.17) is 10.2 Å². The second kappa shape index (κ2) is 9.13. The lowest BCUT2D eigenvalue weighted by atomic mass is 9.57. The molecule has 4 amide bonds. The Morgan fingerprint density at radius 1 is 0.784 bits per heavy atom. The van der Waals surface area contributed by atoms with Crippen LogP contribution in [0.25, 0.3) is 0 Å². The van der Waals surface area contributed by atoms with E-state index in [1.165, 1.54) is 6.07 Å². The number of benzene rings is 1. The van der Waals surface area contributed by atoms with Crippen LogP contribution in [0.3, 0.4) is 0 Å². The fourth-order valence-corrected chi connectivity index (χ4v) is 6.67. The summed E-state index contributed by atoms with van der Waals surface area (Å²) in [6.07, 6.45) is 1.39. The topological polar surface area (TPSA) is 170 Å². The molecule has 0 bridgehead atoms. The number of amides is 4.